The summed E-state index contributed by atoms with van der Waals surface area (Å²) in [5, 5.41) is 3.44. The Morgan fingerprint density at radius 1 is 1.32 bits per heavy atom. The zero-order valence-corrected chi connectivity index (χ0v) is 11.3. The number of nitrogens with zero attached hydrogens (tertiary/aromatic N) is 2. The van der Waals surface area contributed by atoms with E-state index in [1.165, 1.54) is 6.42 Å². The molecule has 2 atom stereocenters. The first-order chi connectivity index (χ1) is 8.97. The van der Waals surface area contributed by atoms with Crippen molar-refractivity contribution in [2.24, 2.45) is 16.8 Å². The number of amides is 1. The number of likely N-dealkylation sites (N-methyl/N-ethyl adjacent to an activating group) is 1. The Morgan fingerprint density at radius 3 is 2.53 bits per heavy atom. The Morgan fingerprint density at radius 2 is 2.00 bits per heavy atom. The molecule has 0 radical (unpaired) electrons. The van der Waals surface area contributed by atoms with E-state index in [0.29, 0.717) is 24.2 Å². The van der Waals surface area contributed by atoms with Crippen LogP contribution in [0.2, 0.25) is 0 Å². The minimum absolute atomic E-state index is 0.0159. The van der Waals surface area contributed by atoms with Gasteiger partial charge in [0, 0.05) is 19.0 Å². The number of rotatable bonds is 1. The summed E-state index contributed by atoms with van der Waals surface area (Å²) >= 11 is 0. The summed E-state index contributed by atoms with van der Waals surface area (Å²) in [5.74, 6) is 1.70. The second-order valence-corrected chi connectivity index (χ2v) is 7.11. The van der Waals surface area contributed by atoms with Crippen LogP contribution in [0.5, 0.6) is 0 Å². The van der Waals surface area contributed by atoms with Crippen LogP contribution in [-0.4, -0.2) is 41.6 Å². The van der Waals surface area contributed by atoms with Crippen LogP contribution in [0, 0.1) is 11.8 Å². The highest BCUT2D eigenvalue weighted by molar-refractivity contribution is 6.02. The van der Waals surface area contributed by atoms with Crippen molar-refractivity contribution in [1.29, 1.82) is 0 Å². The van der Waals surface area contributed by atoms with Crippen LogP contribution in [-0.2, 0) is 4.79 Å². The molecule has 104 valence electrons. The lowest BCUT2D eigenvalue weighted by Crippen LogP contribution is -2.65. The Labute approximate surface area is 112 Å². The molecule has 19 heavy (non-hydrogen) atoms. The van der Waals surface area contributed by atoms with Gasteiger partial charge in [-0.15, -0.1) is 0 Å². The Balaban J connectivity index is 1.59. The van der Waals surface area contributed by atoms with Gasteiger partial charge < -0.3 is 5.32 Å². The maximum Gasteiger partial charge on any atom is 0.250 e. The minimum Gasteiger partial charge on any atom is -0.350 e. The molecule has 5 rings (SSSR count). The second-order valence-electron chi connectivity index (χ2n) is 7.11. The summed E-state index contributed by atoms with van der Waals surface area (Å²) in [5.41, 5.74) is -1.13. The number of halogens is 1. The first-order valence-corrected chi connectivity index (χ1v) is 7.25. The van der Waals surface area contributed by atoms with E-state index in [0.717, 1.165) is 25.7 Å². The van der Waals surface area contributed by atoms with Crippen LogP contribution in [0.15, 0.2) is 4.99 Å². The van der Waals surface area contributed by atoms with E-state index in [4.69, 9.17) is 0 Å². The average Bonchev–Trinajstić information content (AvgIpc) is 2.57. The van der Waals surface area contributed by atoms with E-state index >= 15 is 0 Å². The first kappa shape index (κ1) is 11.7. The lowest BCUT2D eigenvalue weighted by molar-refractivity contribution is -0.124. The minimum atomic E-state index is -0.973. The zero-order chi connectivity index (χ0) is 13.3. The SMILES string of the molecule is CN1C(=O)CN=C1NC12CC3CC(CC(F)(C3)C1)C2. The lowest BCUT2D eigenvalue weighted by atomic mass is 9.52. The maximum absolute atomic E-state index is 14.8. The summed E-state index contributed by atoms with van der Waals surface area (Å²) in [6, 6.07) is 0. The van der Waals surface area contributed by atoms with Gasteiger partial charge in [0.05, 0.1) is 0 Å². The third-order valence-corrected chi connectivity index (χ3v) is 5.42. The van der Waals surface area contributed by atoms with Crippen molar-refractivity contribution >= 4 is 11.9 Å². The molecule has 1 amide bonds. The standard InChI is InChI=1S/C14H20FN3O/c1-18-11(19)7-16-12(18)17-14-5-9-2-10(6-14)4-13(15,3-9)8-14/h9-10H,2-8H2,1H3,(H,16,17). The molecule has 0 aromatic heterocycles. The second kappa shape index (κ2) is 3.49. The predicted molar refractivity (Wildman–Crippen MR) is 69.5 cm³/mol. The zero-order valence-electron chi connectivity index (χ0n) is 11.3. The van der Waals surface area contributed by atoms with Crippen molar-refractivity contribution in [3.8, 4) is 0 Å². The number of alkyl halides is 1. The number of aliphatic imine (C=N–C) groups is 1. The highest BCUT2D eigenvalue weighted by Crippen LogP contribution is 2.59. The van der Waals surface area contributed by atoms with E-state index < -0.39 is 5.67 Å². The van der Waals surface area contributed by atoms with E-state index in [1.54, 1.807) is 11.9 Å². The van der Waals surface area contributed by atoms with Gasteiger partial charge in [-0.2, -0.15) is 0 Å². The van der Waals surface area contributed by atoms with Crippen LogP contribution >= 0.6 is 0 Å². The predicted octanol–water partition coefficient (Wildman–Crippen LogP) is 1.46. The quantitative estimate of drug-likeness (QED) is 0.780. The molecule has 0 spiro atoms. The Kier molecular flexibility index (Phi) is 2.15. The van der Waals surface area contributed by atoms with Gasteiger partial charge in [-0.3, -0.25) is 9.69 Å². The number of carbonyl (C=O) groups excluding carboxylic acids is 1. The van der Waals surface area contributed by atoms with E-state index in [9.17, 15) is 9.18 Å². The average molecular weight is 265 g/mol. The van der Waals surface area contributed by atoms with Crippen molar-refractivity contribution in [2.75, 3.05) is 13.6 Å². The molecule has 0 aromatic rings. The monoisotopic (exact) mass is 265 g/mol. The molecule has 0 aromatic carbocycles. The molecule has 5 aliphatic rings. The van der Waals surface area contributed by atoms with Crippen LogP contribution in [0.25, 0.3) is 0 Å². The molecule has 1 aliphatic heterocycles. The molecular weight excluding hydrogens is 245 g/mol. The molecule has 4 nitrogen and oxygen atoms in total. The number of hydrogen-bond donors (Lipinski definition) is 1. The van der Waals surface area contributed by atoms with E-state index in [2.05, 4.69) is 10.3 Å². The van der Waals surface area contributed by atoms with Crippen LogP contribution in [0.3, 0.4) is 0 Å². The fourth-order valence-corrected chi connectivity index (χ4v) is 5.13. The third kappa shape index (κ3) is 1.70. The maximum atomic E-state index is 14.8. The number of guanidine groups is 1. The van der Waals surface area contributed by atoms with Crippen molar-refractivity contribution in [2.45, 2.75) is 49.7 Å². The van der Waals surface area contributed by atoms with E-state index in [-0.39, 0.29) is 18.0 Å². The van der Waals surface area contributed by atoms with Crippen molar-refractivity contribution in [3.63, 3.8) is 0 Å². The summed E-state index contributed by atoms with van der Waals surface area (Å²) in [4.78, 5) is 17.4. The largest absolute Gasteiger partial charge is 0.350 e. The highest BCUT2D eigenvalue weighted by atomic mass is 19.1. The van der Waals surface area contributed by atoms with Gasteiger partial charge >= 0.3 is 0 Å². The first-order valence-electron chi connectivity index (χ1n) is 7.25. The summed E-state index contributed by atoms with van der Waals surface area (Å²) in [6.45, 7) is 0.225. The molecule has 1 N–H and O–H groups in total. The number of hydrogen-bond acceptors (Lipinski definition) is 3. The fraction of sp³-hybridized carbons (Fsp3) is 0.857. The lowest BCUT2D eigenvalue weighted by Gasteiger charge is -2.59. The molecule has 4 fully saturated rings. The van der Waals surface area contributed by atoms with Crippen molar-refractivity contribution in [3.05, 3.63) is 0 Å². The van der Waals surface area contributed by atoms with Crippen LogP contribution in [0.4, 0.5) is 4.39 Å². The molecule has 1 heterocycles. The molecule has 4 saturated carbocycles. The third-order valence-electron chi connectivity index (χ3n) is 5.42. The summed E-state index contributed by atoms with van der Waals surface area (Å²) in [6.07, 6.45) is 5.35. The topological polar surface area (TPSA) is 44.7 Å². The van der Waals surface area contributed by atoms with Crippen molar-refractivity contribution < 1.29 is 9.18 Å². The molecule has 0 saturated heterocycles. The molecule has 4 bridgehead atoms. The highest BCUT2D eigenvalue weighted by Gasteiger charge is 2.58. The summed E-state index contributed by atoms with van der Waals surface area (Å²) in [7, 11) is 1.74. The van der Waals surface area contributed by atoms with Gasteiger partial charge in [0.2, 0.25) is 5.96 Å². The Bertz CT molecular complexity index is 461. The van der Waals surface area contributed by atoms with E-state index in [1.807, 2.05) is 0 Å². The molecule has 4 aliphatic carbocycles. The summed E-state index contributed by atoms with van der Waals surface area (Å²) < 4.78 is 14.8. The normalized spacial score (nSPS) is 47.8. The van der Waals surface area contributed by atoms with Crippen LogP contribution < -0.4 is 5.32 Å². The van der Waals surface area contributed by atoms with Gasteiger partial charge in [0.1, 0.15) is 12.2 Å². The number of nitrogens with one attached hydrogen (secondary N) is 1. The molecule has 2 unspecified atom stereocenters. The molecule has 5 heteroatoms. The van der Waals surface area contributed by atoms with Crippen LogP contribution in [0.1, 0.15) is 38.5 Å². The van der Waals surface area contributed by atoms with Gasteiger partial charge in [0.25, 0.3) is 5.91 Å². The Hall–Kier alpha value is -1.13. The van der Waals surface area contributed by atoms with Crippen molar-refractivity contribution in [1.82, 2.24) is 10.2 Å². The van der Waals surface area contributed by atoms with Gasteiger partial charge in [-0.25, -0.2) is 9.38 Å². The smallest absolute Gasteiger partial charge is 0.250 e. The molecular formula is C14H20FN3O. The van der Waals surface area contributed by atoms with Gasteiger partial charge in [-0.1, -0.05) is 0 Å². The fourth-order valence-electron chi connectivity index (χ4n) is 5.13. The van der Waals surface area contributed by atoms with Gasteiger partial charge in [-0.05, 0) is 43.9 Å². The number of carbonyl (C=O) groups is 1. The van der Waals surface area contributed by atoms with Gasteiger partial charge in [0.15, 0.2) is 0 Å².